The SMILES string of the molecule is COCC(O)CCNc1ncccc1S(C)(=O)=O. The summed E-state index contributed by atoms with van der Waals surface area (Å²) in [6, 6.07) is 3.07. The van der Waals surface area contributed by atoms with Crippen molar-refractivity contribution in [2.24, 2.45) is 0 Å². The van der Waals surface area contributed by atoms with Crippen LogP contribution in [-0.4, -0.2) is 51.1 Å². The van der Waals surface area contributed by atoms with E-state index in [0.717, 1.165) is 6.26 Å². The number of aliphatic hydroxyl groups excluding tert-OH is 1. The Bertz CT molecular complexity index is 476. The van der Waals surface area contributed by atoms with E-state index in [0.29, 0.717) is 18.8 Å². The molecule has 0 saturated heterocycles. The van der Waals surface area contributed by atoms with Gasteiger partial charge in [0.25, 0.3) is 0 Å². The molecule has 0 radical (unpaired) electrons. The van der Waals surface area contributed by atoms with Gasteiger partial charge < -0.3 is 15.2 Å². The lowest BCUT2D eigenvalue weighted by atomic mass is 10.2. The molecule has 1 rings (SSSR count). The number of aromatic nitrogens is 1. The number of rotatable bonds is 7. The predicted molar refractivity (Wildman–Crippen MR) is 68.3 cm³/mol. The van der Waals surface area contributed by atoms with Gasteiger partial charge in [-0.2, -0.15) is 0 Å². The minimum atomic E-state index is -3.31. The Balaban J connectivity index is 2.63. The van der Waals surface area contributed by atoms with Crippen molar-refractivity contribution in [3.63, 3.8) is 0 Å². The Morgan fingerprint density at radius 2 is 2.28 bits per heavy atom. The largest absolute Gasteiger partial charge is 0.391 e. The predicted octanol–water partition coefficient (Wildman–Crippen LogP) is 0.294. The molecule has 0 aliphatic carbocycles. The van der Waals surface area contributed by atoms with E-state index < -0.39 is 15.9 Å². The van der Waals surface area contributed by atoms with Gasteiger partial charge in [-0.15, -0.1) is 0 Å². The Kier molecular flexibility index (Phi) is 5.52. The zero-order valence-electron chi connectivity index (χ0n) is 10.5. The highest BCUT2D eigenvalue weighted by Crippen LogP contribution is 2.17. The van der Waals surface area contributed by atoms with Gasteiger partial charge in [-0.05, 0) is 18.6 Å². The van der Waals surface area contributed by atoms with Crippen molar-refractivity contribution >= 4 is 15.7 Å². The molecule has 1 aromatic rings. The molecule has 7 heteroatoms. The Labute approximate surface area is 107 Å². The highest BCUT2D eigenvalue weighted by atomic mass is 32.2. The van der Waals surface area contributed by atoms with E-state index in [2.05, 4.69) is 10.3 Å². The number of sulfone groups is 1. The van der Waals surface area contributed by atoms with E-state index in [9.17, 15) is 13.5 Å². The fourth-order valence-corrected chi connectivity index (χ4v) is 2.26. The molecule has 0 aromatic carbocycles. The van der Waals surface area contributed by atoms with Gasteiger partial charge >= 0.3 is 0 Å². The van der Waals surface area contributed by atoms with Crippen molar-refractivity contribution in [2.75, 3.05) is 31.8 Å². The molecule has 0 amide bonds. The summed E-state index contributed by atoms with van der Waals surface area (Å²) in [4.78, 5) is 4.14. The van der Waals surface area contributed by atoms with Crippen LogP contribution >= 0.6 is 0 Å². The first-order chi connectivity index (χ1) is 8.45. The molecule has 1 aromatic heterocycles. The third kappa shape index (κ3) is 4.59. The van der Waals surface area contributed by atoms with Gasteiger partial charge in [0.05, 0.1) is 12.7 Å². The number of anilines is 1. The molecule has 1 atom stereocenters. The van der Waals surface area contributed by atoms with E-state index in [4.69, 9.17) is 4.74 Å². The van der Waals surface area contributed by atoms with Crippen LogP contribution in [0.2, 0.25) is 0 Å². The van der Waals surface area contributed by atoms with Crippen LogP contribution in [0.25, 0.3) is 0 Å². The highest BCUT2D eigenvalue weighted by molar-refractivity contribution is 7.90. The fourth-order valence-electron chi connectivity index (χ4n) is 1.46. The maximum absolute atomic E-state index is 11.5. The molecule has 0 aliphatic heterocycles. The number of nitrogens with zero attached hydrogens (tertiary/aromatic N) is 1. The molecule has 0 bridgehead atoms. The molecule has 0 spiro atoms. The van der Waals surface area contributed by atoms with Crippen LogP contribution in [0, 0.1) is 0 Å². The van der Waals surface area contributed by atoms with E-state index in [1.54, 1.807) is 6.07 Å². The Morgan fingerprint density at radius 1 is 1.56 bits per heavy atom. The number of methoxy groups -OCH3 is 1. The fraction of sp³-hybridized carbons (Fsp3) is 0.545. The average molecular weight is 274 g/mol. The summed E-state index contributed by atoms with van der Waals surface area (Å²) in [5, 5.41) is 12.4. The Morgan fingerprint density at radius 3 is 2.89 bits per heavy atom. The normalized spacial score (nSPS) is 13.3. The van der Waals surface area contributed by atoms with Crippen molar-refractivity contribution in [3.05, 3.63) is 18.3 Å². The second kappa shape index (κ2) is 6.67. The average Bonchev–Trinajstić information content (AvgIpc) is 2.28. The third-order valence-electron chi connectivity index (χ3n) is 2.30. The van der Waals surface area contributed by atoms with Crippen molar-refractivity contribution in [2.45, 2.75) is 17.4 Å². The summed E-state index contributed by atoms with van der Waals surface area (Å²) in [7, 11) is -1.80. The minimum Gasteiger partial charge on any atom is -0.391 e. The molecular formula is C11H18N2O4S. The van der Waals surface area contributed by atoms with Gasteiger partial charge in [0.1, 0.15) is 10.7 Å². The number of pyridine rings is 1. The second-order valence-electron chi connectivity index (χ2n) is 3.95. The van der Waals surface area contributed by atoms with E-state index >= 15 is 0 Å². The summed E-state index contributed by atoms with van der Waals surface area (Å²) in [6.07, 6.45) is 2.53. The van der Waals surface area contributed by atoms with Gasteiger partial charge in [-0.25, -0.2) is 13.4 Å². The van der Waals surface area contributed by atoms with Gasteiger partial charge in [0, 0.05) is 26.1 Å². The Hall–Kier alpha value is -1.18. The van der Waals surface area contributed by atoms with Gasteiger partial charge in [-0.3, -0.25) is 0 Å². The maximum Gasteiger partial charge on any atom is 0.179 e. The lowest BCUT2D eigenvalue weighted by Crippen LogP contribution is -2.19. The molecule has 2 N–H and O–H groups in total. The number of aliphatic hydroxyl groups is 1. The summed E-state index contributed by atoms with van der Waals surface area (Å²) < 4.78 is 27.8. The van der Waals surface area contributed by atoms with Gasteiger partial charge in [0.15, 0.2) is 9.84 Å². The lowest BCUT2D eigenvalue weighted by molar-refractivity contribution is 0.0615. The molecule has 1 heterocycles. The van der Waals surface area contributed by atoms with Crippen LogP contribution in [0.15, 0.2) is 23.2 Å². The van der Waals surface area contributed by atoms with Crippen LogP contribution in [0.4, 0.5) is 5.82 Å². The zero-order chi connectivity index (χ0) is 13.6. The molecule has 1 unspecified atom stereocenters. The summed E-state index contributed by atoms with van der Waals surface area (Å²) in [5.41, 5.74) is 0. The zero-order valence-corrected chi connectivity index (χ0v) is 11.3. The minimum absolute atomic E-state index is 0.159. The number of hydrogen-bond acceptors (Lipinski definition) is 6. The topological polar surface area (TPSA) is 88.5 Å². The maximum atomic E-state index is 11.5. The number of hydrogen-bond donors (Lipinski definition) is 2. The number of nitrogens with one attached hydrogen (secondary N) is 1. The van der Waals surface area contributed by atoms with E-state index in [-0.39, 0.29) is 11.5 Å². The molecule has 0 aliphatic rings. The summed E-state index contributed by atoms with van der Waals surface area (Å²) >= 11 is 0. The lowest BCUT2D eigenvalue weighted by Gasteiger charge is -2.12. The van der Waals surface area contributed by atoms with E-state index in [1.165, 1.54) is 19.4 Å². The van der Waals surface area contributed by atoms with Crippen LogP contribution < -0.4 is 5.32 Å². The standard InChI is InChI=1S/C11H18N2O4S/c1-17-8-9(14)5-7-13-11-10(18(2,15)16)4-3-6-12-11/h3-4,6,9,14H,5,7-8H2,1-2H3,(H,12,13). The van der Waals surface area contributed by atoms with Crippen LogP contribution in [-0.2, 0) is 14.6 Å². The van der Waals surface area contributed by atoms with Gasteiger partial charge in [-0.1, -0.05) is 0 Å². The smallest absolute Gasteiger partial charge is 0.179 e. The first-order valence-electron chi connectivity index (χ1n) is 5.51. The van der Waals surface area contributed by atoms with Crippen molar-refractivity contribution in [3.8, 4) is 0 Å². The van der Waals surface area contributed by atoms with E-state index in [1.807, 2.05) is 0 Å². The molecule has 0 saturated carbocycles. The first-order valence-corrected chi connectivity index (χ1v) is 7.40. The van der Waals surface area contributed by atoms with Crippen molar-refractivity contribution in [1.82, 2.24) is 4.98 Å². The van der Waals surface area contributed by atoms with Crippen LogP contribution in [0.3, 0.4) is 0 Å². The first kappa shape index (κ1) is 14.9. The molecule has 6 nitrogen and oxygen atoms in total. The molecule has 0 fully saturated rings. The number of ether oxygens (including phenoxy) is 1. The van der Waals surface area contributed by atoms with Crippen LogP contribution in [0.5, 0.6) is 0 Å². The quantitative estimate of drug-likeness (QED) is 0.743. The third-order valence-corrected chi connectivity index (χ3v) is 3.43. The monoisotopic (exact) mass is 274 g/mol. The van der Waals surface area contributed by atoms with Crippen molar-refractivity contribution < 1.29 is 18.3 Å². The molecular weight excluding hydrogens is 256 g/mol. The van der Waals surface area contributed by atoms with Crippen LogP contribution in [0.1, 0.15) is 6.42 Å². The summed E-state index contributed by atoms with van der Waals surface area (Å²) in [5.74, 6) is 0.310. The highest BCUT2D eigenvalue weighted by Gasteiger charge is 2.13. The molecule has 102 valence electrons. The molecule has 18 heavy (non-hydrogen) atoms. The van der Waals surface area contributed by atoms with Crippen molar-refractivity contribution in [1.29, 1.82) is 0 Å². The second-order valence-corrected chi connectivity index (χ2v) is 5.93. The summed E-state index contributed by atoms with van der Waals surface area (Å²) in [6.45, 7) is 0.674. The van der Waals surface area contributed by atoms with Gasteiger partial charge in [0.2, 0.25) is 0 Å².